The fourth-order valence-electron chi connectivity index (χ4n) is 2.27. The number of rotatable bonds is 5. The molecule has 1 aliphatic rings. The lowest BCUT2D eigenvalue weighted by molar-refractivity contribution is -0.129. The molecule has 1 saturated heterocycles. The first-order chi connectivity index (χ1) is 7.72. The number of carbonyl (C=O) groups excluding carboxylic acids is 1. The monoisotopic (exact) mass is 229 g/mol. The third-order valence-electron chi connectivity index (χ3n) is 3.44. The number of methoxy groups -OCH3 is 1. The van der Waals surface area contributed by atoms with Crippen molar-refractivity contribution in [2.75, 3.05) is 26.8 Å². The molecule has 1 unspecified atom stereocenters. The molecule has 1 rings (SSSR count). The number of hydrazine groups is 1. The Morgan fingerprint density at radius 2 is 2.19 bits per heavy atom. The predicted octanol–water partition coefficient (Wildman–Crippen LogP) is 0.113. The van der Waals surface area contributed by atoms with Gasteiger partial charge in [0.15, 0.2) is 0 Å². The van der Waals surface area contributed by atoms with Gasteiger partial charge in [0.2, 0.25) is 0 Å². The van der Waals surface area contributed by atoms with Crippen molar-refractivity contribution in [3.05, 3.63) is 0 Å². The molecule has 16 heavy (non-hydrogen) atoms. The molecule has 0 bridgehead atoms. The molecule has 1 fully saturated rings. The fourth-order valence-corrected chi connectivity index (χ4v) is 2.27. The molecule has 1 heterocycles. The Hall–Kier alpha value is -0.650. The van der Waals surface area contributed by atoms with Gasteiger partial charge in [0.1, 0.15) is 6.04 Å². The van der Waals surface area contributed by atoms with E-state index in [1.54, 1.807) is 7.11 Å². The smallest absolute Gasteiger partial charge is 0.253 e. The first-order valence-corrected chi connectivity index (χ1v) is 5.96. The molecule has 1 atom stereocenters. The standard InChI is InChI=1S/C11H23N3O2/c1-3-9-4-6-14(7-5-9)10(8-16-2)11(15)13-12/h9-10H,3-8,12H2,1-2H3,(H,13,15). The molecule has 1 amide bonds. The number of carbonyl (C=O) groups is 1. The van der Waals surface area contributed by atoms with E-state index in [1.807, 2.05) is 0 Å². The minimum atomic E-state index is -0.243. The molecule has 94 valence electrons. The zero-order chi connectivity index (χ0) is 12.0. The molecule has 0 spiro atoms. The number of amides is 1. The Labute approximate surface area is 97.3 Å². The highest BCUT2D eigenvalue weighted by atomic mass is 16.5. The van der Waals surface area contributed by atoms with E-state index in [0.29, 0.717) is 6.61 Å². The normalized spacial score (nSPS) is 20.7. The van der Waals surface area contributed by atoms with Crippen molar-refractivity contribution in [1.29, 1.82) is 0 Å². The van der Waals surface area contributed by atoms with Crippen LogP contribution in [0.4, 0.5) is 0 Å². The third-order valence-corrected chi connectivity index (χ3v) is 3.44. The average molecular weight is 229 g/mol. The van der Waals surface area contributed by atoms with Crippen molar-refractivity contribution in [1.82, 2.24) is 10.3 Å². The van der Waals surface area contributed by atoms with Gasteiger partial charge in [-0.25, -0.2) is 5.84 Å². The summed E-state index contributed by atoms with van der Waals surface area (Å²) in [7, 11) is 1.61. The van der Waals surface area contributed by atoms with Crippen molar-refractivity contribution in [3.63, 3.8) is 0 Å². The van der Waals surface area contributed by atoms with E-state index in [2.05, 4.69) is 17.2 Å². The Kier molecular flexibility index (Phi) is 5.73. The van der Waals surface area contributed by atoms with Crippen LogP contribution < -0.4 is 11.3 Å². The molecule has 0 aliphatic carbocycles. The molecule has 0 saturated carbocycles. The van der Waals surface area contributed by atoms with Gasteiger partial charge in [0, 0.05) is 7.11 Å². The van der Waals surface area contributed by atoms with E-state index in [-0.39, 0.29) is 11.9 Å². The number of hydrogen-bond acceptors (Lipinski definition) is 4. The largest absolute Gasteiger partial charge is 0.383 e. The van der Waals surface area contributed by atoms with Gasteiger partial charge in [-0.05, 0) is 31.8 Å². The average Bonchev–Trinajstić information content (AvgIpc) is 2.35. The van der Waals surface area contributed by atoms with E-state index in [4.69, 9.17) is 10.6 Å². The number of nitrogens with two attached hydrogens (primary N) is 1. The van der Waals surface area contributed by atoms with E-state index in [9.17, 15) is 4.79 Å². The molecule has 0 aromatic rings. The first-order valence-electron chi connectivity index (χ1n) is 5.96. The summed E-state index contributed by atoms with van der Waals surface area (Å²) in [5, 5.41) is 0. The Morgan fingerprint density at radius 1 is 1.56 bits per heavy atom. The highest BCUT2D eigenvalue weighted by Gasteiger charge is 2.28. The lowest BCUT2D eigenvalue weighted by Gasteiger charge is -2.35. The van der Waals surface area contributed by atoms with E-state index < -0.39 is 0 Å². The molecule has 0 aromatic heterocycles. The Bertz CT molecular complexity index is 215. The van der Waals surface area contributed by atoms with Gasteiger partial charge in [-0.15, -0.1) is 0 Å². The van der Waals surface area contributed by atoms with Crippen LogP contribution in [0.25, 0.3) is 0 Å². The van der Waals surface area contributed by atoms with Crippen molar-refractivity contribution in [3.8, 4) is 0 Å². The van der Waals surface area contributed by atoms with Crippen LogP contribution in [0.2, 0.25) is 0 Å². The second-order valence-electron chi connectivity index (χ2n) is 4.37. The summed E-state index contributed by atoms with van der Waals surface area (Å²) in [6.07, 6.45) is 3.55. The summed E-state index contributed by atoms with van der Waals surface area (Å²) >= 11 is 0. The number of ether oxygens (including phenoxy) is 1. The molecular formula is C11H23N3O2. The third kappa shape index (κ3) is 3.43. The topological polar surface area (TPSA) is 67.6 Å². The zero-order valence-electron chi connectivity index (χ0n) is 10.2. The van der Waals surface area contributed by atoms with Crippen LogP contribution in [0, 0.1) is 5.92 Å². The number of likely N-dealkylation sites (tertiary alicyclic amines) is 1. The van der Waals surface area contributed by atoms with Gasteiger partial charge in [-0.2, -0.15) is 0 Å². The maximum Gasteiger partial charge on any atom is 0.253 e. The van der Waals surface area contributed by atoms with Crippen LogP contribution in [0.15, 0.2) is 0 Å². The fraction of sp³-hybridized carbons (Fsp3) is 0.909. The molecule has 3 N–H and O–H groups in total. The summed E-state index contributed by atoms with van der Waals surface area (Å²) in [5.74, 6) is 5.83. The molecule has 5 heteroatoms. The van der Waals surface area contributed by atoms with Gasteiger partial charge in [-0.3, -0.25) is 15.1 Å². The highest BCUT2D eigenvalue weighted by Crippen LogP contribution is 2.21. The number of hydrogen-bond donors (Lipinski definition) is 2. The Morgan fingerprint density at radius 3 is 2.62 bits per heavy atom. The summed E-state index contributed by atoms with van der Waals surface area (Å²) < 4.78 is 5.08. The van der Waals surface area contributed by atoms with Gasteiger partial charge in [-0.1, -0.05) is 13.3 Å². The Balaban J connectivity index is 2.49. The van der Waals surface area contributed by atoms with Gasteiger partial charge in [0.25, 0.3) is 5.91 Å². The van der Waals surface area contributed by atoms with Crippen LogP contribution >= 0.6 is 0 Å². The molecule has 0 radical (unpaired) electrons. The second-order valence-corrected chi connectivity index (χ2v) is 4.37. The van der Waals surface area contributed by atoms with E-state index >= 15 is 0 Å². The first kappa shape index (κ1) is 13.4. The summed E-state index contributed by atoms with van der Waals surface area (Å²) in [6, 6.07) is -0.243. The molecule has 5 nitrogen and oxygen atoms in total. The number of nitrogens with one attached hydrogen (secondary N) is 1. The van der Waals surface area contributed by atoms with Crippen LogP contribution in [0.1, 0.15) is 26.2 Å². The van der Waals surface area contributed by atoms with Crippen LogP contribution in [0.5, 0.6) is 0 Å². The van der Waals surface area contributed by atoms with Crippen LogP contribution in [-0.4, -0.2) is 43.7 Å². The summed E-state index contributed by atoms with van der Waals surface area (Å²) in [6.45, 7) is 4.54. The van der Waals surface area contributed by atoms with Crippen molar-refractivity contribution in [2.45, 2.75) is 32.2 Å². The van der Waals surface area contributed by atoms with Gasteiger partial charge >= 0.3 is 0 Å². The SMILES string of the molecule is CCC1CCN(C(COC)C(=O)NN)CC1. The molecule has 0 aromatic carbocycles. The van der Waals surface area contributed by atoms with Gasteiger partial charge in [0.05, 0.1) is 6.61 Å². The highest BCUT2D eigenvalue weighted by molar-refractivity contribution is 5.81. The van der Waals surface area contributed by atoms with Crippen LogP contribution in [0.3, 0.4) is 0 Å². The van der Waals surface area contributed by atoms with Crippen molar-refractivity contribution in [2.24, 2.45) is 11.8 Å². The number of nitrogens with zero attached hydrogens (tertiary/aromatic N) is 1. The molecular weight excluding hydrogens is 206 g/mol. The quantitative estimate of drug-likeness (QED) is 0.399. The lowest BCUT2D eigenvalue weighted by atomic mass is 9.93. The zero-order valence-corrected chi connectivity index (χ0v) is 10.2. The summed E-state index contributed by atoms with van der Waals surface area (Å²) in [5.41, 5.74) is 2.21. The van der Waals surface area contributed by atoms with E-state index in [0.717, 1.165) is 31.8 Å². The van der Waals surface area contributed by atoms with E-state index in [1.165, 1.54) is 6.42 Å². The minimum Gasteiger partial charge on any atom is -0.383 e. The van der Waals surface area contributed by atoms with Gasteiger partial charge < -0.3 is 4.74 Å². The lowest BCUT2D eigenvalue weighted by Crippen LogP contribution is -2.53. The minimum absolute atomic E-state index is 0.156. The molecule has 1 aliphatic heterocycles. The maximum absolute atomic E-state index is 11.6. The van der Waals surface area contributed by atoms with Crippen molar-refractivity contribution < 1.29 is 9.53 Å². The number of piperidine rings is 1. The van der Waals surface area contributed by atoms with Crippen LogP contribution in [-0.2, 0) is 9.53 Å². The predicted molar refractivity (Wildman–Crippen MR) is 62.6 cm³/mol. The second kappa shape index (κ2) is 6.83. The van der Waals surface area contributed by atoms with Crippen molar-refractivity contribution >= 4 is 5.91 Å². The maximum atomic E-state index is 11.6. The summed E-state index contributed by atoms with van der Waals surface area (Å²) in [4.78, 5) is 13.8.